The Morgan fingerprint density at radius 3 is 2.80 bits per heavy atom. The summed E-state index contributed by atoms with van der Waals surface area (Å²) in [7, 11) is 0. The summed E-state index contributed by atoms with van der Waals surface area (Å²) in [6.07, 6.45) is 0. The maximum absolute atomic E-state index is 6.27. The van der Waals surface area contributed by atoms with E-state index in [0.717, 1.165) is 32.2 Å². The van der Waals surface area contributed by atoms with Gasteiger partial charge in [-0.25, -0.2) is 4.98 Å². The first-order chi connectivity index (χ1) is 9.54. The van der Waals surface area contributed by atoms with E-state index in [1.807, 2.05) is 31.2 Å². The molecule has 1 aromatic carbocycles. The molecule has 0 bridgehead atoms. The van der Waals surface area contributed by atoms with Crippen molar-refractivity contribution < 1.29 is 0 Å². The summed E-state index contributed by atoms with van der Waals surface area (Å²) in [6.45, 7) is 2.68. The Labute approximate surface area is 139 Å². The van der Waals surface area contributed by atoms with Gasteiger partial charge in [-0.05, 0) is 37.3 Å². The maximum atomic E-state index is 6.27. The van der Waals surface area contributed by atoms with Gasteiger partial charge in [0.25, 0.3) is 0 Å². The maximum Gasteiger partial charge on any atom is 0.128 e. The van der Waals surface area contributed by atoms with Crippen molar-refractivity contribution in [2.75, 3.05) is 0 Å². The molecule has 0 N–H and O–H groups in total. The predicted molar refractivity (Wildman–Crippen MR) is 90.1 cm³/mol. The number of halogens is 3. The van der Waals surface area contributed by atoms with Crippen LogP contribution in [-0.4, -0.2) is 9.55 Å². The van der Waals surface area contributed by atoms with Crippen molar-refractivity contribution in [1.29, 1.82) is 0 Å². The van der Waals surface area contributed by atoms with E-state index in [-0.39, 0.29) is 5.38 Å². The second kappa shape index (κ2) is 5.68. The number of thiophene rings is 1. The van der Waals surface area contributed by atoms with Crippen molar-refractivity contribution in [3.8, 4) is 0 Å². The van der Waals surface area contributed by atoms with Gasteiger partial charge in [0.05, 0.1) is 27.3 Å². The normalized spacial score (nSPS) is 13.0. The van der Waals surface area contributed by atoms with E-state index < -0.39 is 0 Å². The lowest BCUT2D eigenvalue weighted by Gasteiger charge is -2.09. The summed E-state index contributed by atoms with van der Waals surface area (Å²) < 4.78 is 3.97. The number of hydrogen-bond donors (Lipinski definition) is 0. The molecule has 0 saturated carbocycles. The third-order valence-electron chi connectivity index (χ3n) is 3.04. The fourth-order valence-electron chi connectivity index (χ4n) is 2.18. The number of hydrogen-bond acceptors (Lipinski definition) is 2. The van der Waals surface area contributed by atoms with Crippen LogP contribution < -0.4 is 0 Å². The number of fused-ring (bicyclic) bond motifs is 1. The second-order valence-corrected chi connectivity index (χ2v) is 7.88. The highest BCUT2D eigenvalue weighted by molar-refractivity contribution is 9.10. The molecule has 0 aliphatic carbocycles. The van der Waals surface area contributed by atoms with Crippen LogP contribution in [0.3, 0.4) is 0 Å². The van der Waals surface area contributed by atoms with Gasteiger partial charge < -0.3 is 4.57 Å². The van der Waals surface area contributed by atoms with Crippen molar-refractivity contribution >= 4 is 61.5 Å². The van der Waals surface area contributed by atoms with Crippen LogP contribution in [0.2, 0.25) is 4.34 Å². The Hall–Kier alpha value is -0.550. The molecule has 1 atom stereocenters. The van der Waals surface area contributed by atoms with Crippen molar-refractivity contribution in [1.82, 2.24) is 9.55 Å². The number of rotatable bonds is 3. The van der Waals surface area contributed by atoms with Gasteiger partial charge in [0.15, 0.2) is 0 Å². The van der Waals surface area contributed by atoms with Gasteiger partial charge in [-0.2, -0.15) is 0 Å². The van der Waals surface area contributed by atoms with Crippen molar-refractivity contribution in [2.24, 2.45) is 0 Å². The SMILES string of the molecule is CC(Cl)c1nc2cc(Br)ccc2n1Cc1ccc(Cl)s1. The molecule has 2 heterocycles. The van der Waals surface area contributed by atoms with Crippen LogP contribution in [-0.2, 0) is 6.54 Å². The first-order valence-corrected chi connectivity index (χ1v) is 8.51. The van der Waals surface area contributed by atoms with Crippen LogP contribution in [0.1, 0.15) is 23.0 Å². The minimum Gasteiger partial charge on any atom is -0.321 e. The van der Waals surface area contributed by atoms with E-state index in [9.17, 15) is 0 Å². The molecule has 3 rings (SSSR count). The van der Waals surface area contributed by atoms with Crippen molar-refractivity contribution in [3.63, 3.8) is 0 Å². The molecule has 20 heavy (non-hydrogen) atoms. The van der Waals surface area contributed by atoms with Crippen molar-refractivity contribution in [3.05, 3.63) is 49.8 Å². The van der Waals surface area contributed by atoms with Crippen LogP contribution in [0.25, 0.3) is 11.0 Å². The van der Waals surface area contributed by atoms with E-state index in [1.54, 1.807) is 11.3 Å². The summed E-state index contributed by atoms with van der Waals surface area (Å²) in [5, 5.41) is -0.142. The quantitative estimate of drug-likeness (QED) is 0.512. The van der Waals surface area contributed by atoms with Gasteiger partial charge in [0.1, 0.15) is 5.82 Å². The molecule has 0 aliphatic heterocycles. The molecule has 6 heteroatoms. The first-order valence-electron chi connectivity index (χ1n) is 6.08. The summed E-state index contributed by atoms with van der Waals surface area (Å²) in [4.78, 5) is 5.84. The molecule has 0 fully saturated rings. The summed E-state index contributed by atoms with van der Waals surface area (Å²) in [6, 6.07) is 10.0. The average molecular weight is 390 g/mol. The lowest BCUT2D eigenvalue weighted by atomic mass is 10.3. The van der Waals surface area contributed by atoms with Crippen molar-refractivity contribution in [2.45, 2.75) is 18.8 Å². The van der Waals surface area contributed by atoms with Crippen LogP contribution in [0.4, 0.5) is 0 Å². The highest BCUT2D eigenvalue weighted by Gasteiger charge is 2.16. The van der Waals surface area contributed by atoms with E-state index in [0.29, 0.717) is 0 Å². The number of alkyl halides is 1. The fraction of sp³-hybridized carbons (Fsp3) is 0.214. The zero-order chi connectivity index (χ0) is 14.3. The monoisotopic (exact) mass is 388 g/mol. The smallest absolute Gasteiger partial charge is 0.128 e. The first kappa shape index (κ1) is 14.4. The molecule has 0 radical (unpaired) electrons. The zero-order valence-electron chi connectivity index (χ0n) is 10.6. The summed E-state index contributed by atoms with van der Waals surface area (Å²) >= 11 is 17.3. The summed E-state index contributed by atoms with van der Waals surface area (Å²) in [5.41, 5.74) is 2.03. The van der Waals surface area contributed by atoms with E-state index in [2.05, 4.69) is 31.5 Å². The lowest BCUT2D eigenvalue weighted by molar-refractivity contribution is 0.750. The molecule has 0 amide bonds. The van der Waals surface area contributed by atoms with Gasteiger partial charge >= 0.3 is 0 Å². The molecule has 104 valence electrons. The van der Waals surface area contributed by atoms with Crippen LogP contribution in [0, 0.1) is 0 Å². The van der Waals surface area contributed by atoms with Gasteiger partial charge in [-0.3, -0.25) is 0 Å². The Kier molecular flexibility index (Phi) is 4.09. The molecular weight excluding hydrogens is 379 g/mol. The zero-order valence-corrected chi connectivity index (χ0v) is 14.5. The molecule has 1 unspecified atom stereocenters. The molecule has 0 aliphatic rings. The van der Waals surface area contributed by atoms with Crippen LogP contribution >= 0.6 is 50.5 Å². The van der Waals surface area contributed by atoms with Gasteiger partial charge in [0, 0.05) is 9.35 Å². The highest BCUT2D eigenvalue weighted by Crippen LogP contribution is 2.29. The third kappa shape index (κ3) is 2.75. The standard InChI is InChI=1S/C14H11BrCl2N2S/c1-8(16)14-18-11-6-9(15)2-4-12(11)19(14)7-10-3-5-13(17)20-10/h2-6,8H,7H2,1H3. The Morgan fingerprint density at radius 2 is 2.15 bits per heavy atom. The summed E-state index contributed by atoms with van der Waals surface area (Å²) in [5.74, 6) is 0.879. The lowest BCUT2D eigenvalue weighted by Crippen LogP contribution is -2.04. The number of imidazole rings is 1. The van der Waals surface area contributed by atoms with E-state index >= 15 is 0 Å². The number of nitrogens with zero attached hydrogens (tertiary/aromatic N) is 2. The Balaban J connectivity index is 2.13. The molecule has 2 aromatic heterocycles. The van der Waals surface area contributed by atoms with E-state index in [1.165, 1.54) is 4.88 Å². The van der Waals surface area contributed by atoms with Gasteiger partial charge in [-0.15, -0.1) is 22.9 Å². The average Bonchev–Trinajstić information content (AvgIpc) is 2.94. The van der Waals surface area contributed by atoms with E-state index in [4.69, 9.17) is 23.2 Å². The predicted octanol–water partition coefficient (Wildman–Crippen LogP) is 5.86. The van der Waals surface area contributed by atoms with Crippen LogP contribution in [0.5, 0.6) is 0 Å². The molecule has 0 spiro atoms. The minimum absolute atomic E-state index is 0.142. The Bertz CT molecular complexity index is 764. The number of benzene rings is 1. The second-order valence-electron chi connectivity index (χ2n) is 4.51. The highest BCUT2D eigenvalue weighted by atomic mass is 79.9. The largest absolute Gasteiger partial charge is 0.321 e. The third-order valence-corrected chi connectivity index (χ3v) is 4.94. The number of aromatic nitrogens is 2. The van der Waals surface area contributed by atoms with Crippen LogP contribution in [0.15, 0.2) is 34.8 Å². The Morgan fingerprint density at radius 1 is 1.35 bits per heavy atom. The molecule has 3 aromatic rings. The molecular formula is C14H11BrCl2N2S. The van der Waals surface area contributed by atoms with Gasteiger partial charge in [0.2, 0.25) is 0 Å². The topological polar surface area (TPSA) is 17.8 Å². The fourth-order valence-corrected chi connectivity index (χ4v) is 3.78. The van der Waals surface area contributed by atoms with Gasteiger partial charge in [-0.1, -0.05) is 27.5 Å². The molecule has 0 saturated heterocycles. The minimum atomic E-state index is -0.142. The molecule has 2 nitrogen and oxygen atoms in total.